The SMILES string of the molecule is C=C1C(C#N)=CC(C2=CC(=O)C3C4CC(C)(C)CCC4CCC3(C)C2CC)CC1(C)C.CC. The first-order valence-electron chi connectivity index (χ1n) is 13.5. The van der Waals surface area contributed by atoms with Crippen LogP contribution in [-0.4, -0.2) is 5.78 Å². The molecule has 0 heterocycles. The molecule has 0 aromatic carbocycles. The number of nitrogens with zero attached hydrogens (tertiary/aromatic N) is 1. The summed E-state index contributed by atoms with van der Waals surface area (Å²) in [4.78, 5) is 13.8. The zero-order chi connectivity index (χ0) is 24.8. The average molecular weight is 450 g/mol. The van der Waals surface area contributed by atoms with E-state index in [2.05, 4.69) is 60.3 Å². The Kier molecular flexibility index (Phi) is 7.25. The standard InChI is InChI=1S/C29H41NO.C2H6/c1-8-24-22(20-13-21(17-30)18(2)28(5,6)15-20)14-25(31)26-23-16-27(3,4)11-9-19(23)10-12-29(24,26)7;1-2/h13-14,19-20,23-24,26H,2,8-12,15-16H2,1,3-7H3;1-2H3. The van der Waals surface area contributed by atoms with Gasteiger partial charge in [-0.2, -0.15) is 5.26 Å². The van der Waals surface area contributed by atoms with E-state index < -0.39 is 0 Å². The second kappa shape index (κ2) is 9.20. The van der Waals surface area contributed by atoms with Gasteiger partial charge < -0.3 is 0 Å². The van der Waals surface area contributed by atoms with Crippen molar-refractivity contribution in [3.63, 3.8) is 0 Å². The zero-order valence-corrected chi connectivity index (χ0v) is 22.6. The fourth-order valence-electron chi connectivity index (χ4n) is 8.03. The quantitative estimate of drug-likeness (QED) is 0.424. The first-order valence-corrected chi connectivity index (χ1v) is 13.5. The van der Waals surface area contributed by atoms with E-state index in [0.29, 0.717) is 23.0 Å². The highest BCUT2D eigenvalue weighted by atomic mass is 16.1. The Hall–Kier alpha value is -1.62. The van der Waals surface area contributed by atoms with E-state index in [9.17, 15) is 10.1 Å². The van der Waals surface area contributed by atoms with Crippen molar-refractivity contribution in [2.75, 3.05) is 0 Å². The van der Waals surface area contributed by atoms with Gasteiger partial charge in [-0.3, -0.25) is 4.79 Å². The van der Waals surface area contributed by atoms with E-state index in [-0.39, 0.29) is 22.7 Å². The van der Waals surface area contributed by atoms with Crippen molar-refractivity contribution in [1.29, 1.82) is 5.26 Å². The third kappa shape index (κ3) is 4.42. The Balaban J connectivity index is 0.00000149. The van der Waals surface area contributed by atoms with Crippen LogP contribution in [0, 0.1) is 57.2 Å². The molecule has 33 heavy (non-hydrogen) atoms. The summed E-state index contributed by atoms with van der Waals surface area (Å²) in [5.41, 5.74) is 3.24. The number of hydrogen-bond donors (Lipinski definition) is 0. The van der Waals surface area contributed by atoms with Crippen LogP contribution in [0.2, 0.25) is 0 Å². The van der Waals surface area contributed by atoms with Gasteiger partial charge in [-0.15, -0.1) is 0 Å². The number of rotatable bonds is 2. The van der Waals surface area contributed by atoms with Crippen molar-refractivity contribution in [3.05, 3.63) is 35.5 Å². The second-order valence-electron chi connectivity index (χ2n) is 12.7. The van der Waals surface area contributed by atoms with Gasteiger partial charge in [-0.25, -0.2) is 0 Å². The van der Waals surface area contributed by atoms with Crippen molar-refractivity contribution < 1.29 is 4.79 Å². The average Bonchev–Trinajstić information content (AvgIpc) is 2.75. The Labute approximate surface area is 203 Å². The molecule has 4 aliphatic carbocycles. The molecule has 0 aromatic rings. The number of fused-ring (bicyclic) bond motifs is 3. The summed E-state index contributed by atoms with van der Waals surface area (Å²) >= 11 is 0. The predicted octanol–water partition coefficient (Wildman–Crippen LogP) is 8.46. The summed E-state index contributed by atoms with van der Waals surface area (Å²) in [5.74, 6) is 2.40. The number of ketones is 1. The lowest BCUT2D eigenvalue weighted by Gasteiger charge is -2.58. The molecule has 0 aliphatic heterocycles. The lowest BCUT2D eigenvalue weighted by molar-refractivity contribution is -0.138. The largest absolute Gasteiger partial charge is 0.295 e. The molecular formula is C31H47NO. The molecule has 2 nitrogen and oxygen atoms in total. The minimum Gasteiger partial charge on any atom is -0.295 e. The van der Waals surface area contributed by atoms with Gasteiger partial charge in [0.15, 0.2) is 5.78 Å². The minimum atomic E-state index is -0.116. The molecule has 182 valence electrons. The third-order valence-corrected chi connectivity index (χ3v) is 9.79. The van der Waals surface area contributed by atoms with Gasteiger partial charge in [0, 0.05) is 11.8 Å². The summed E-state index contributed by atoms with van der Waals surface area (Å²) in [5, 5.41) is 9.74. The van der Waals surface area contributed by atoms with Crippen LogP contribution in [0.3, 0.4) is 0 Å². The van der Waals surface area contributed by atoms with Crippen LogP contribution in [0.5, 0.6) is 0 Å². The van der Waals surface area contributed by atoms with Gasteiger partial charge in [0.25, 0.3) is 0 Å². The molecule has 2 fully saturated rings. The lowest BCUT2D eigenvalue weighted by Crippen LogP contribution is -2.54. The van der Waals surface area contributed by atoms with Crippen molar-refractivity contribution in [3.8, 4) is 6.07 Å². The maximum Gasteiger partial charge on any atom is 0.159 e. The van der Waals surface area contributed by atoms with Crippen LogP contribution < -0.4 is 0 Å². The zero-order valence-electron chi connectivity index (χ0n) is 22.6. The fourth-order valence-corrected chi connectivity index (χ4v) is 8.03. The maximum atomic E-state index is 13.8. The van der Waals surface area contributed by atoms with Gasteiger partial charge in [-0.1, -0.05) is 73.6 Å². The molecule has 2 saturated carbocycles. The Morgan fingerprint density at radius 1 is 1.09 bits per heavy atom. The van der Waals surface area contributed by atoms with Gasteiger partial charge in [-0.05, 0) is 90.6 Å². The highest BCUT2D eigenvalue weighted by Gasteiger charge is 2.57. The Morgan fingerprint density at radius 3 is 2.33 bits per heavy atom. The molecule has 4 aliphatic rings. The van der Waals surface area contributed by atoms with E-state index >= 15 is 0 Å². The van der Waals surface area contributed by atoms with Crippen molar-refractivity contribution in [2.24, 2.45) is 45.8 Å². The van der Waals surface area contributed by atoms with E-state index in [1.165, 1.54) is 37.7 Å². The molecular weight excluding hydrogens is 402 g/mol. The van der Waals surface area contributed by atoms with Crippen molar-refractivity contribution >= 4 is 5.78 Å². The van der Waals surface area contributed by atoms with E-state index in [1.54, 1.807) is 0 Å². The number of carbonyl (C=O) groups is 1. The summed E-state index contributed by atoms with van der Waals surface area (Å²) in [6, 6.07) is 2.38. The van der Waals surface area contributed by atoms with Crippen molar-refractivity contribution in [2.45, 2.75) is 100 Å². The summed E-state index contributed by atoms with van der Waals surface area (Å²) < 4.78 is 0. The van der Waals surface area contributed by atoms with E-state index in [0.717, 1.165) is 29.9 Å². The molecule has 0 radical (unpaired) electrons. The van der Waals surface area contributed by atoms with Crippen LogP contribution in [-0.2, 0) is 4.79 Å². The normalized spacial score (nSPS) is 39.1. The molecule has 0 bridgehead atoms. The molecule has 0 spiro atoms. The van der Waals surface area contributed by atoms with Crippen LogP contribution >= 0.6 is 0 Å². The highest BCUT2D eigenvalue weighted by molar-refractivity contribution is 5.95. The van der Waals surface area contributed by atoms with Gasteiger partial charge in [0.05, 0.1) is 11.6 Å². The summed E-state index contributed by atoms with van der Waals surface area (Å²) in [6.45, 7) is 22.1. The van der Waals surface area contributed by atoms with E-state index in [4.69, 9.17) is 0 Å². The van der Waals surface area contributed by atoms with Crippen LogP contribution in [0.25, 0.3) is 0 Å². The maximum absolute atomic E-state index is 13.8. The molecule has 4 rings (SSSR count). The molecule has 0 amide bonds. The lowest BCUT2D eigenvalue weighted by atomic mass is 9.45. The molecule has 6 atom stereocenters. The third-order valence-electron chi connectivity index (χ3n) is 9.79. The monoisotopic (exact) mass is 449 g/mol. The summed E-state index contributed by atoms with van der Waals surface area (Å²) in [7, 11) is 0. The number of allylic oxidation sites excluding steroid dienone is 5. The first-order chi connectivity index (χ1) is 15.4. The summed E-state index contributed by atoms with van der Waals surface area (Å²) in [6.07, 6.45) is 12.4. The highest BCUT2D eigenvalue weighted by Crippen LogP contribution is 2.62. The number of nitriles is 1. The second-order valence-corrected chi connectivity index (χ2v) is 12.7. The van der Waals surface area contributed by atoms with Crippen LogP contribution in [0.15, 0.2) is 35.5 Å². The Bertz CT molecular complexity index is 894. The molecule has 0 N–H and O–H groups in total. The minimum absolute atomic E-state index is 0.0454. The molecule has 0 saturated heterocycles. The Morgan fingerprint density at radius 2 is 1.73 bits per heavy atom. The first kappa shape index (κ1) is 26.0. The van der Waals surface area contributed by atoms with Crippen LogP contribution in [0.4, 0.5) is 0 Å². The van der Waals surface area contributed by atoms with Crippen molar-refractivity contribution in [1.82, 2.24) is 0 Å². The molecule has 6 unspecified atom stereocenters. The van der Waals surface area contributed by atoms with Gasteiger partial charge in [0.1, 0.15) is 0 Å². The smallest absolute Gasteiger partial charge is 0.159 e. The van der Waals surface area contributed by atoms with E-state index in [1.807, 2.05) is 19.9 Å². The molecule has 2 heteroatoms. The predicted molar refractivity (Wildman–Crippen MR) is 138 cm³/mol. The van der Waals surface area contributed by atoms with Gasteiger partial charge in [0.2, 0.25) is 0 Å². The molecule has 0 aromatic heterocycles. The topological polar surface area (TPSA) is 40.9 Å². The van der Waals surface area contributed by atoms with Gasteiger partial charge >= 0.3 is 0 Å². The van der Waals surface area contributed by atoms with Crippen LogP contribution in [0.1, 0.15) is 100 Å². The number of hydrogen-bond acceptors (Lipinski definition) is 2. The number of carbonyl (C=O) groups excluding carboxylic acids is 1. The fraction of sp³-hybridized carbons (Fsp3) is 0.742.